The minimum Gasteiger partial charge on any atom is -0.493 e. The van der Waals surface area contributed by atoms with E-state index in [1.807, 2.05) is 25.1 Å². The van der Waals surface area contributed by atoms with Crippen molar-refractivity contribution < 1.29 is 9.47 Å². The van der Waals surface area contributed by atoms with Gasteiger partial charge in [0.25, 0.3) is 0 Å². The number of hydrogen-bond acceptors (Lipinski definition) is 4. The number of hydrogen-bond donors (Lipinski definition) is 2. The number of benzene rings is 1. The van der Waals surface area contributed by atoms with Crippen molar-refractivity contribution in [2.75, 3.05) is 20.8 Å². The highest BCUT2D eigenvalue weighted by Gasteiger charge is 2.05. The van der Waals surface area contributed by atoms with Crippen LogP contribution in [0.1, 0.15) is 32.3 Å². The van der Waals surface area contributed by atoms with Gasteiger partial charge < -0.3 is 14.8 Å². The second-order valence-corrected chi connectivity index (χ2v) is 5.34. The molecule has 0 aliphatic heterocycles. The molecule has 0 aliphatic rings. The monoisotopic (exact) mass is 323 g/mol. The van der Waals surface area contributed by atoms with Crippen LogP contribution in [-0.2, 0) is 6.42 Å². The fraction of sp³-hybridized carbons (Fsp3) is 0.500. The van der Waals surface area contributed by atoms with Crippen LogP contribution in [0.4, 0.5) is 0 Å². The van der Waals surface area contributed by atoms with Gasteiger partial charge >= 0.3 is 0 Å². The van der Waals surface area contributed by atoms with E-state index in [0.717, 1.165) is 42.2 Å². The first-order chi connectivity index (χ1) is 10.6. The summed E-state index contributed by atoms with van der Waals surface area (Å²) in [5.41, 5.74) is 4.90. The summed E-state index contributed by atoms with van der Waals surface area (Å²) in [7, 11) is 3.26. The Balaban J connectivity index is 2.55. The van der Waals surface area contributed by atoms with Crippen LogP contribution in [0.5, 0.6) is 11.5 Å². The number of thiocarbonyl (C=S) groups is 1. The van der Waals surface area contributed by atoms with Crippen LogP contribution in [0.3, 0.4) is 0 Å². The maximum atomic E-state index is 5.30. The lowest BCUT2D eigenvalue weighted by Gasteiger charge is -2.10. The lowest BCUT2D eigenvalue weighted by molar-refractivity contribution is 0.354. The van der Waals surface area contributed by atoms with E-state index in [2.05, 4.69) is 22.8 Å². The lowest BCUT2D eigenvalue weighted by atomic mass is 10.1. The summed E-state index contributed by atoms with van der Waals surface area (Å²) >= 11 is 5.16. The second kappa shape index (κ2) is 10.00. The fourth-order valence-corrected chi connectivity index (χ4v) is 2.04. The van der Waals surface area contributed by atoms with E-state index in [1.54, 1.807) is 14.2 Å². The van der Waals surface area contributed by atoms with Crippen LogP contribution in [0.15, 0.2) is 23.3 Å². The predicted molar refractivity (Wildman–Crippen MR) is 95.0 cm³/mol. The molecular formula is C16H25N3O2S. The van der Waals surface area contributed by atoms with E-state index in [9.17, 15) is 0 Å². The Labute approximate surface area is 138 Å². The van der Waals surface area contributed by atoms with E-state index >= 15 is 0 Å². The fourth-order valence-electron chi connectivity index (χ4n) is 1.89. The highest BCUT2D eigenvalue weighted by molar-refractivity contribution is 7.80. The third kappa shape index (κ3) is 6.30. The second-order valence-electron chi connectivity index (χ2n) is 4.93. The molecule has 0 saturated heterocycles. The van der Waals surface area contributed by atoms with Crippen LogP contribution < -0.4 is 20.2 Å². The molecular weight excluding hydrogens is 298 g/mol. The summed E-state index contributed by atoms with van der Waals surface area (Å²) in [6.07, 6.45) is 2.94. The lowest BCUT2D eigenvalue weighted by Crippen LogP contribution is -2.33. The first-order valence-electron chi connectivity index (χ1n) is 7.38. The molecule has 0 bridgehead atoms. The Morgan fingerprint density at radius 1 is 1.23 bits per heavy atom. The molecule has 6 heteroatoms. The van der Waals surface area contributed by atoms with Gasteiger partial charge in [-0.1, -0.05) is 19.4 Å². The number of nitrogens with zero attached hydrogens (tertiary/aromatic N) is 1. The number of hydrazone groups is 1. The van der Waals surface area contributed by atoms with E-state index in [0.29, 0.717) is 11.5 Å². The molecule has 0 unspecified atom stereocenters. The van der Waals surface area contributed by atoms with Crippen LogP contribution in [-0.4, -0.2) is 31.6 Å². The summed E-state index contributed by atoms with van der Waals surface area (Å²) in [5.74, 6) is 1.44. The molecule has 0 aromatic heterocycles. The largest absolute Gasteiger partial charge is 0.493 e. The number of methoxy groups -OCH3 is 2. The van der Waals surface area contributed by atoms with Gasteiger partial charge in [0.1, 0.15) is 0 Å². The Kier molecular flexibility index (Phi) is 8.28. The van der Waals surface area contributed by atoms with Crippen LogP contribution in [0.2, 0.25) is 0 Å². The minimum atomic E-state index is 0.556. The minimum absolute atomic E-state index is 0.556. The standard InChI is InChI=1S/C16H25N3O2S/c1-5-6-9-17-16(22)19-18-12(2)10-13-7-8-14(20-3)15(11-13)21-4/h7-8,11H,5-6,9-10H2,1-4H3,(H2,17,19,22)/b18-12-. The molecule has 0 saturated carbocycles. The molecule has 0 atom stereocenters. The molecule has 0 amide bonds. The van der Waals surface area contributed by atoms with Crippen molar-refractivity contribution in [3.63, 3.8) is 0 Å². The third-order valence-corrected chi connectivity index (χ3v) is 3.31. The molecule has 0 aliphatic carbocycles. The van der Waals surface area contributed by atoms with Crippen molar-refractivity contribution in [1.82, 2.24) is 10.7 Å². The third-order valence-electron chi connectivity index (χ3n) is 3.07. The predicted octanol–water partition coefficient (Wildman–Crippen LogP) is 2.89. The molecule has 0 spiro atoms. The first kappa shape index (κ1) is 18.2. The van der Waals surface area contributed by atoms with Crippen LogP contribution in [0.25, 0.3) is 0 Å². The topological polar surface area (TPSA) is 54.9 Å². The molecule has 1 aromatic rings. The number of rotatable bonds is 8. The van der Waals surface area contributed by atoms with Gasteiger partial charge in [-0.3, -0.25) is 5.43 Å². The Morgan fingerprint density at radius 3 is 2.59 bits per heavy atom. The Morgan fingerprint density at radius 2 is 1.95 bits per heavy atom. The summed E-state index contributed by atoms with van der Waals surface area (Å²) in [6, 6.07) is 5.85. The highest BCUT2D eigenvalue weighted by Crippen LogP contribution is 2.27. The normalized spacial score (nSPS) is 11.0. The smallest absolute Gasteiger partial charge is 0.186 e. The SMILES string of the molecule is CCCCNC(=S)N/N=C(/C)Cc1ccc(OC)c(OC)c1. The van der Waals surface area contributed by atoms with Gasteiger partial charge in [0.05, 0.1) is 14.2 Å². The van der Waals surface area contributed by atoms with Gasteiger partial charge in [-0.15, -0.1) is 0 Å². The number of ether oxygens (including phenoxy) is 2. The quantitative estimate of drug-likeness (QED) is 0.333. The molecule has 0 heterocycles. The van der Waals surface area contributed by atoms with Crippen molar-refractivity contribution in [2.45, 2.75) is 33.1 Å². The van der Waals surface area contributed by atoms with Gasteiger partial charge in [0, 0.05) is 18.7 Å². The van der Waals surface area contributed by atoms with E-state index in [-0.39, 0.29) is 0 Å². The highest BCUT2D eigenvalue weighted by atomic mass is 32.1. The van der Waals surface area contributed by atoms with Gasteiger partial charge in [0.15, 0.2) is 16.6 Å². The molecule has 0 fully saturated rings. The average Bonchev–Trinajstić information content (AvgIpc) is 2.53. The van der Waals surface area contributed by atoms with E-state index in [4.69, 9.17) is 21.7 Å². The summed E-state index contributed by atoms with van der Waals surface area (Å²) < 4.78 is 10.5. The summed E-state index contributed by atoms with van der Waals surface area (Å²) in [4.78, 5) is 0. The zero-order valence-electron chi connectivity index (χ0n) is 13.7. The van der Waals surface area contributed by atoms with Gasteiger partial charge in [0.2, 0.25) is 0 Å². The Hall–Kier alpha value is -1.82. The van der Waals surface area contributed by atoms with Gasteiger partial charge in [-0.2, -0.15) is 5.10 Å². The zero-order chi connectivity index (χ0) is 16.4. The van der Waals surface area contributed by atoms with Crippen molar-refractivity contribution in [1.29, 1.82) is 0 Å². The Bertz CT molecular complexity index is 518. The van der Waals surface area contributed by atoms with Crippen molar-refractivity contribution in [3.8, 4) is 11.5 Å². The molecule has 0 radical (unpaired) electrons. The summed E-state index contributed by atoms with van der Waals surface area (Å²) in [6.45, 7) is 4.97. The average molecular weight is 323 g/mol. The molecule has 122 valence electrons. The van der Waals surface area contributed by atoms with Crippen LogP contribution >= 0.6 is 12.2 Å². The maximum Gasteiger partial charge on any atom is 0.186 e. The molecule has 1 aromatic carbocycles. The van der Waals surface area contributed by atoms with Gasteiger partial charge in [-0.05, 0) is 43.3 Å². The van der Waals surface area contributed by atoms with E-state index < -0.39 is 0 Å². The van der Waals surface area contributed by atoms with Crippen LogP contribution in [0, 0.1) is 0 Å². The van der Waals surface area contributed by atoms with Gasteiger partial charge in [-0.25, -0.2) is 0 Å². The van der Waals surface area contributed by atoms with Crippen molar-refractivity contribution >= 4 is 23.0 Å². The van der Waals surface area contributed by atoms with Crippen molar-refractivity contribution in [3.05, 3.63) is 23.8 Å². The molecule has 1 rings (SSSR count). The first-order valence-corrected chi connectivity index (χ1v) is 7.79. The zero-order valence-corrected chi connectivity index (χ0v) is 14.5. The van der Waals surface area contributed by atoms with E-state index in [1.165, 1.54) is 0 Å². The molecule has 5 nitrogen and oxygen atoms in total. The van der Waals surface area contributed by atoms with Crippen molar-refractivity contribution in [2.24, 2.45) is 5.10 Å². The number of nitrogens with one attached hydrogen (secondary N) is 2. The summed E-state index contributed by atoms with van der Waals surface area (Å²) in [5, 5.41) is 7.96. The maximum absolute atomic E-state index is 5.30. The molecule has 22 heavy (non-hydrogen) atoms. The molecule has 2 N–H and O–H groups in total. The number of unbranched alkanes of at least 4 members (excludes halogenated alkanes) is 1.